The van der Waals surface area contributed by atoms with E-state index in [4.69, 9.17) is 0 Å². The molecule has 2 saturated carbocycles. The second kappa shape index (κ2) is 4.10. The van der Waals surface area contributed by atoms with Crippen molar-refractivity contribution in [3.63, 3.8) is 0 Å². The number of aliphatic hydroxyl groups excluding tert-OH is 2. The zero-order valence-electron chi connectivity index (χ0n) is 11.4. The van der Waals surface area contributed by atoms with Crippen LogP contribution in [-0.2, 0) is 0 Å². The monoisotopic (exact) mass is 238 g/mol. The quantitative estimate of drug-likeness (QED) is 0.690. The molecule has 2 aliphatic rings. The number of hydrogen-bond donors (Lipinski definition) is 2. The molecule has 4 atom stereocenters. The van der Waals surface area contributed by atoms with E-state index in [2.05, 4.69) is 27.4 Å². The van der Waals surface area contributed by atoms with Crippen LogP contribution < -0.4 is 0 Å². The van der Waals surface area contributed by atoms with Gasteiger partial charge in [-0.2, -0.15) is 0 Å². The summed E-state index contributed by atoms with van der Waals surface area (Å²) in [5, 5.41) is 20.1. The van der Waals surface area contributed by atoms with Gasteiger partial charge in [-0.15, -0.1) is 0 Å². The van der Waals surface area contributed by atoms with Gasteiger partial charge in [-0.3, -0.25) is 0 Å². The van der Waals surface area contributed by atoms with Crippen molar-refractivity contribution in [2.24, 2.45) is 22.7 Å². The van der Waals surface area contributed by atoms with Gasteiger partial charge in [-0.05, 0) is 36.0 Å². The van der Waals surface area contributed by atoms with E-state index >= 15 is 0 Å². The second-order valence-corrected chi connectivity index (χ2v) is 6.99. The van der Waals surface area contributed by atoms with Crippen LogP contribution in [0.2, 0.25) is 0 Å². The van der Waals surface area contributed by atoms with Crippen molar-refractivity contribution in [1.29, 1.82) is 0 Å². The van der Waals surface area contributed by atoms with Crippen LogP contribution in [0.25, 0.3) is 0 Å². The van der Waals surface area contributed by atoms with E-state index in [1.54, 1.807) is 0 Å². The van der Waals surface area contributed by atoms with Crippen molar-refractivity contribution in [3.8, 4) is 0 Å². The van der Waals surface area contributed by atoms with E-state index in [0.717, 1.165) is 12.0 Å². The fourth-order valence-corrected chi connectivity index (χ4v) is 4.81. The molecule has 0 aromatic heterocycles. The van der Waals surface area contributed by atoms with Gasteiger partial charge in [0.2, 0.25) is 0 Å². The van der Waals surface area contributed by atoms with Crippen LogP contribution in [0, 0.1) is 22.7 Å². The van der Waals surface area contributed by atoms with Crippen LogP contribution in [-0.4, -0.2) is 22.9 Å². The minimum atomic E-state index is -0.286. The first-order chi connectivity index (χ1) is 7.83. The molecule has 98 valence electrons. The van der Waals surface area contributed by atoms with Gasteiger partial charge in [-0.25, -0.2) is 0 Å². The average molecular weight is 238 g/mol. The summed E-state index contributed by atoms with van der Waals surface area (Å²) in [4.78, 5) is 0. The van der Waals surface area contributed by atoms with Crippen LogP contribution in [0.4, 0.5) is 0 Å². The largest absolute Gasteiger partial charge is 0.396 e. The molecule has 2 rings (SSSR count). The van der Waals surface area contributed by atoms with Crippen molar-refractivity contribution in [1.82, 2.24) is 0 Å². The SMILES string of the molecule is C=C1CC(O)C2C(C)(C)CCCC2(C)C1CO. The standard InChI is InChI=1S/C15H26O2/c1-10-8-12(17)13-14(2,3)6-5-7-15(13,4)11(10)9-16/h11-13,16-17H,1,5-9H2,2-4H3. The minimum absolute atomic E-state index is 0.0191. The van der Waals surface area contributed by atoms with Gasteiger partial charge >= 0.3 is 0 Å². The van der Waals surface area contributed by atoms with Gasteiger partial charge in [0.15, 0.2) is 0 Å². The molecule has 2 N–H and O–H groups in total. The fraction of sp³-hybridized carbons (Fsp3) is 0.867. The third-order valence-corrected chi connectivity index (χ3v) is 5.42. The molecule has 0 radical (unpaired) electrons. The number of aliphatic hydroxyl groups is 2. The normalized spacial score (nSPS) is 45.5. The van der Waals surface area contributed by atoms with E-state index in [9.17, 15) is 10.2 Å². The Morgan fingerprint density at radius 2 is 1.94 bits per heavy atom. The highest BCUT2D eigenvalue weighted by Gasteiger charge is 2.56. The maximum atomic E-state index is 10.4. The summed E-state index contributed by atoms with van der Waals surface area (Å²) >= 11 is 0. The molecule has 0 aliphatic heterocycles. The second-order valence-electron chi connectivity index (χ2n) is 6.99. The Hall–Kier alpha value is -0.340. The average Bonchev–Trinajstić information content (AvgIpc) is 2.14. The van der Waals surface area contributed by atoms with Gasteiger partial charge in [0.1, 0.15) is 0 Å². The van der Waals surface area contributed by atoms with Gasteiger partial charge in [0, 0.05) is 5.92 Å². The van der Waals surface area contributed by atoms with Crippen LogP contribution in [0.3, 0.4) is 0 Å². The van der Waals surface area contributed by atoms with Crippen LogP contribution in [0.1, 0.15) is 46.5 Å². The maximum absolute atomic E-state index is 10.4. The van der Waals surface area contributed by atoms with Crippen LogP contribution >= 0.6 is 0 Å². The van der Waals surface area contributed by atoms with E-state index in [1.807, 2.05) is 0 Å². The van der Waals surface area contributed by atoms with Crippen molar-refractivity contribution >= 4 is 0 Å². The van der Waals surface area contributed by atoms with E-state index in [1.165, 1.54) is 12.8 Å². The van der Waals surface area contributed by atoms with Gasteiger partial charge in [-0.1, -0.05) is 39.3 Å². The van der Waals surface area contributed by atoms with Gasteiger partial charge < -0.3 is 10.2 Å². The van der Waals surface area contributed by atoms with E-state index < -0.39 is 0 Å². The van der Waals surface area contributed by atoms with Crippen LogP contribution in [0.5, 0.6) is 0 Å². The Morgan fingerprint density at radius 1 is 1.29 bits per heavy atom. The summed E-state index contributed by atoms with van der Waals surface area (Å²) in [6.07, 6.45) is 3.84. The molecule has 0 aromatic carbocycles. The molecular formula is C15H26O2. The third kappa shape index (κ3) is 1.86. The topological polar surface area (TPSA) is 40.5 Å². The molecule has 0 aromatic rings. The fourth-order valence-electron chi connectivity index (χ4n) is 4.81. The molecule has 4 unspecified atom stereocenters. The molecule has 0 bridgehead atoms. The van der Waals surface area contributed by atoms with Gasteiger partial charge in [0.25, 0.3) is 0 Å². The molecule has 2 nitrogen and oxygen atoms in total. The predicted molar refractivity (Wildman–Crippen MR) is 69.6 cm³/mol. The molecule has 17 heavy (non-hydrogen) atoms. The summed E-state index contributed by atoms with van der Waals surface area (Å²) in [7, 11) is 0. The smallest absolute Gasteiger partial charge is 0.0616 e. The lowest BCUT2D eigenvalue weighted by Gasteiger charge is -2.59. The highest BCUT2D eigenvalue weighted by Crippen LogP contribution is 2.60. The number of fused-ring (bicyclic) bond motifs is 1. The van der Waals surface area contributed by atoms with Crippen molar-refractivity contribution in [3.05, 3.63) is 12.2 Å². The zero-order chi connectivity index (χ0) is 12.8. The van der Waals surface area contributed by atoms with Crippen LogP contribution in [0.15, 0.2) is 12.2 Å². The Bertz CT molecular complexity index is 321. The minimum Gasteiger partial charge on any atom is -0.396 e. The first-order valence-corrected chi connectivity index (χ1v) is 6.79. The molecular weight excluding hydrogens is 212 g/mol. The Kier molecular flexibility index (Phi) is 3.16. The number of rotatable bonds is 1. The summed E-state index contributed by atoms with van der Waals surface area (Å²) in [6, 6.07) is 0. The molecule has 0 spiro atoms. The Labute approximate surface area is 105 Å². The molecule has 2 fully saturated rings. The zero-order valence-corrected chi connectivity index (χ0v) is 11.4. The molecule has 0 saturated heterocycles. The lowest BCUT2D eigenvalue weighted by molar-refractivity contribution is -0.127. The molecule has 0 amide bonds. The summed E-state index contributed by atoms with van der Waals surface area (Å²) in [5.74, 6) is 0.446. The van der Waals surface area contributed by atoms with E-state index in [0.29, 0.717) is 6.42 Å². The predicted octanol–water partition coefficient (Wildman–Crippen LogP) is 2.75. The first-order valence-electron chi connectivity index (χ1n) is 6.79. The van der Waals surface area contributed by atoms with Crippen molar-refractivity contribution in [2.75, 3.05) is 6.61 Å². The molecule has 2 heteroatoms. The highest BCUT2D eigenvalue weighted by molar-refractivity contribution is 5.18. The van der Waals surface area contributed by atoms with Crippen molar-refractivity contribution < 1.29 is 10.2 Å². The summed E-state index contributed by atoms with van der Waals surface area (Å²) in [5.41, 5.74) is 1.22. The van der Waals surface area contributed by atoms with Gasteiger partial charge in [0.05, 0.1) is 12.7 Å². The first kappa shape index (κ1) is 13.1. The maximum Gasteiger partial charge on any atom is 0.0616 e. The summed E-state index contributed by atoms with van der Waals surface area (Å²) in [6.45, 7) is 11.0. The Morgan fingerprint density at radius 3 is 2.53 bits per heavy atom. The highest BCUT2D eigenvalue weighted by atomic mass is 16.3. The Balaban J connectivity index is 2.42. The summed E-state index contributed by atoms with van der Waals surface area (Å²) < 4.78 is 0. The number of hydrogen-bond acceptors (Lipinski definition) is 2. The lowest BCUT2D eigenvalue weighted by Crippen LogP contribution is -2.56. The third-order valence-electron chi connectivity index (χ3n) is 5.42. The molecule has 2 aliphatic carbocycles. The molecule has 0 heterocycles. The van der Waals surface area contributed by atoms with Crippen molar-refractivity contribution in [2.45, 2.75) is 52.6 Å². The lowest BCUT2D eigenvalue weighted by atomic mass is 9.47. The van der Waals surface area contributed by atoms with E-state index in [-0.39, 0.29) is 35.4 Å².